The van der Waals surface area contributed by atoms with Crippen LogP contribution in [0.3, 0.4) is 0 Å². The number of H-pyrrole nitrogens is 2. The Morgan fingerprint density at radius 1 is 0.351 bits per heavy atom. The first-order chi connectivity index (χ1) is 36.1. The van der Waals surface area contributed by atoms with E-state index in [9.17, 15) is 9.59 Å². The number of carbonyl (C=O) groups excluding carboxylic acids is 2. The number of hydrogen-bond acceptors (Lipinski definition) is 6. The molecule has 0 spiro atoms. The van der Waals surface area contributed by atoms with E-state index >= 15 is 0 Å². The molecule has 0 aliphatic carbocycles. The van der Waals surface area contributed by atoms with Crippen LogP contribution in [0.5, 0.6) is 0 Å². The first-order valence-electron chi connectivity index (χ1n) is 24.2. The molecule has 0 saturated heterocycles. The van der Waals surface area contributed by atoms with Crippen molar-refractivity contribution in [3.63, 3.8) is 0 Å². The summed E-state index contributed by atoms with van der Waals surface area (Å²) in [5.41, 5.74) is 20.7. The zero-order chi connectivity index (χ0) is 50.7. The molecule has 5 heterocycles. The van der Waals surface area contributed by atoms with Crippen molar-refractivity contribution < 1.29 is 9.59 Å². The summed E-state index contributed by atoms with van der Waals surface area (Å²) in [5.74, 6) is 13.2. The second kappa shape index (κ2) is 20.7. The lowest BCUT2D eigenvalue weighted by Crippen LogP contribution is -1.90. The summed E-state index contributed by atoms with van der Waals surface area (Å²) in [4.78, 5) is 43.7. The molecule has 0 radical (unpaired) electrons. The minimum atomic E-state index is 0.0533. The molecule has 6 aromatic carbocycles. The van der Waals surface area contributed by atoms with Gasteiger partial charge in [0, 0.05) is 90.2 Å². The molecule has 354 valence electrons. The predicted octanol–water partition coefficient (Wildman–Crippen LogP) is 16.0. The maximum atomic E-state index is 11.6. The molecule has 2 aliphatic heterocycles. The summed E-state index contributed by atoms with van der Waals surface area (Å²) in [6, 6.07) is 58.0. The van der Waals surface area contributed by atoms with E-state index in [1.165, 1.54) is 34.7 Å². The Labute approximate surface area is 438 Å². The Bertz CT molecular complexity index is 3780. The van der Waals surface area contributed by atoms with Crippen LogP contribution in [-0.2, 0) is 9.59 Å². The second-order valence-electron chi connectivity index (χ2n) is 18.1. The van der Waals surface area contributed by atoms with Crippen molar-refractivity contribution in [1.82, 2.24) is 19.9 Å². The molecule has 8 heteroatoms. The summed E-state index contributed by atoms with van der Waals surface area (Å²) < 4.78 is 0. The van der Waals surface area contributed by atoms with Gasteiger partial charge in [0.1, 0.15) is 0 Å². The highest BCUT2D eigenvalue weighted by Crippen LogP contribution is 2.39. The van der Waals surface area contributed by atoms with Gasteiger partial charge in [-0.2, -0.15) is 0 Å². The molecule has 9 aromatic rings. The summed E-state index contributed by atoms with van der Waals surface area (Å²) in [7, 11) is 0. The molecule has 0 fully saturated rings. The van der Waals surface area contributed by atoms with Gasteiger partial charge < -0.3 is 9.97 Å². The van der Waals surface area contributed by atoms with Crippen molar-refractivity contribution in [2.75, 3.05) is 0 Å². The monoisotopic (exact) mass is 990 g/mol. The number of aromatic nitrogens is 4. The van der Waals surface area contributed by atoms with E-state index < -0.39 is 0 Å². The van der Waals surface area contributed by atoms with Crippen LogP contribution in [0.25, 0.3) is 90.9 Å². The second-order valence-corrected chi connectivity index (χ2v) is 20.6. The Morgan fingerprint density at radius 2 is 0.595 bits per heavy atom. The molecule has 0 atom stereocenters. The van der Waals surface area contributed by atoms with Crippen LogP contribution in [0.2, 0.25) is 0 Å². The van der Waals surface area contributed by atoms with E-state index in [0.717, 1.165) is 121 Å². The molecule has 11 rings (SSSR count). The van der Waals surface area contributed by atoms with Gasteiger partial charge in [0.25, 0.3) is 0 Å². The number of aromatic amines is 2. The van der Waals surface area contributed by atoms with Gasteiger partial charge in [0.05, 0.1) is 22.8 Å². The minimum Gasteiger partial charge on any atom is -0.354 e. The molecule has 0 amide bonds. The van der Waals surface area contributed by atoms with Crippen LogP contribution in [0.4, 0.5) is 0 Å². The fourth-order valence-electron chi connectivity index (χ4n) is 9.13. The highest BCUT2D eigenvalue weighted by Gasteiger charge is 2.19. The van der Waals surface area contributed by atoms with Crippen LogP contribution in [0.15, 0.2) is 180 Å². The quantitative estimate of drug-likeness (QED) is 0.127. The Hall–Kier alpha value is -8.92. The average Bonchev–Trinajstić information content (AvgIpc) is 4.26. The van der Waals surface area contributed by atoms with Crippen molar-refractivity contribution >= 4 is 80.1 Å². The number of thioether (sulfide) groups is 2. The van der Waals surface area contributed by atoms with Crippen LogP contribution < -0.4 is 0 Å². The van der Waals surface area contributed by atoms with Crippen LogP contribution >= 0.6 is 23.5 Å². The fourth-order valence-corrected chi connectivity index (χ4v) is 10.3. The number of benzene rings is 6. The molecule has 2 N–H and O–H groups in total. The lowest BCUT2D eigenvalue weighted by atomic mass is 10.0. The predicted molar refractivity (Wildman–Crippen MR) is 308 cm³/mol. The van der Waals surface area contributed by atoms with Crippen molar-refractivity contribution in [3.05, 3.63) is 226 Å². The summed E-state index contributed by atoms with van der Waals surface area (Å²) in [5, 5.41) is 0.107. The van der Waals surface area contributed by atoms with Gasteiger partial charge in [-0.05, 0) is 157 Å². The van der Waals surface area contributed by atoms with E-state index in [4.69, 9.17) is 9.97 Å². The SMILES string of the molecule is CC(=O)Sc1ccc(C#Cc2ccc(-c3c4nc(c(-c5ccc(C)cc5)c5ccc([nH]5)c(-c5ccc(C#Cc6ccc(SC(C)=O)cc6)cc5)c5nc(c(-c6ccc(C)cc6)c6ccc3[nH]6)C=C5)C=C4)cc2)cc1. The average molecular weight is 991 g/mol. The number of rotatable bonds is 6. The van der Waals surface area contributed by atoms with Crippen LogP contribution in [0, 0.1) is 37.5 Å². The van der Waals surface area contributed by atoms with Crippen molar-refractivity contribution in [2.45, 2.75) is 37.5 Å². The van der Waals surface area contributed by atoms with Gasteiger partial charge in [0.15, 0.2) is 10.2 Å². The number of carbonyl (C=O) groups is 2. The summed E-state index contributed by atoms with van der Waals surface area (Å²) in [6.45, 7) is 7.34. The Balaban J connectivity index is 1.10. The molecule has 8 bridgehead atoms. The minimum absolute atomic E-state index is 0.0533. The molecule has 0 saturated carbocycles. The highest BCUT2D eigenvalue weighted by atomic mass is 32.2. The van der Waals surface area contributed by atoms with E-state index in [1.807, 2.05) is 48.5 Å². The number of aryl methyl sites for hydroxylation is 2. The number of nitrogens with one attached hydrogen (secondary N) is 2. The van der Waals surface area contributed by atoms with Crippen molar-refractivity contribution in [3.8, 4) is 68.2 Å². The van der Waals surface area contributed by atoms with Crippen molar-refractivity contribution in [1.29, 1.82) is 0 Å². The van der Waals surface area contributed by atoms with Crippen LogP contribution in [-0.4, -0.2) is 30.2 Å². The summed E-state index contributed by atoms with van der Waals surface area (Å²) in [6.07, 6.45) is 8.46. The number of hydrogen-bond donors (Lipinski definition) is 2. The fraction of sp³-hybridized carbons (Fsp3) is 0.0606. The van der Waals surface area contributed by atoms with Gasteiger partial charge in [-0.1, -0.05) is 131 Å². The summed E-state index contributed by atoms with van der Waals surface area (Å²) >= 11 is 2.43. The maximum Gasteiger partial charge on any atom is 0.190 e. The normalized spacial score (nSPS) is 11.4. The zero-order valence-corrected chi connectivity index (χ0v) is 42.6. The number of fused-ring (bicyclic) bond motifs is 8. The smallest absolute Gasteiger partial charge is 0.190 e. The first kappa shape index (κ1) is 47.4. The number of nitrogens with zero attached hydrogens (tertiary/aromatic N) is 2. The lowest BCUT2D eigenvalue weighted by molar-refractivity contribution is -0.109. The topological polar surface area (TPSA) is 91.5 Å². The van der Waals surface area contributed by atoms with Crippen LogP contribution in [0.1, 0.15) is 70.0 Å². The molecule has 74 heavy (non-hydrogen) atoms. The standard InChI is InChI=1S/C66H46N4O2S2/c1-41-5-21-49(22-6-41)63-55-33-37-59(67-55)65(51-25-13-45(14-26-51)9-11-47-17-29-53(30-18-47)73-43(3)71)61-39-35-57(69-61)64(50-23-7-42(2)8-24-50)58-36-40-62(70-58)66(60-38-34-56(63)68-60)52-27-15-46(16-28-52)10-12-48-19-31-54(32-20-48)74-44(4)72/h5-8,13-40,67,70H,1-4H3. The first-order valence-corrected chi connectivity index (χ1v) is 25.8. The maximum absolute atomic E-state index is 11.6. The third-order valence-corrected chi connectivity index (χ3v) is 14.3. The van der Waals surface area contributed by atoms with Crippen molar-refractivity contribution in [2.24, 2.45) is 0 Å². The Morgan fingerprint density at radius 3 is 0.851 bits per heavy atom. The third-order valence-electron chi connectivity index (χ3n) is 12.7. The van der Waals surface area contributed by atoms with E-state index in [-0.39, 0.29) is 10.2 Å². The third kappa shape index (κ3) is 10.4. The largest absolute Gasteiger partial charge is 0.354 e. The lowest BCUT2D eigenvalue weighted by Gasteiger charge is -2.07. The van der Waals surface area contributed by atoms with Gasteiger partial charge in [-0.15, -0.1) is 0 Å². The molecular weight excluding hydrogens is 945 g/mol. The van der Waals surface area contributed by atoms with Gasteiger partial charge in [-0.3, -0.25) is 9.59 Å². The molecule has 2 aliphatic rings. The highest BCUT2D eigenvalue weighted by molar-refractivity contribution is 8.13. The Kier molecular flexibility index (Phi) is 13.2. The zero-order valence-electron chi connectivity index (χ0n) is 41.0. The van der Waals surface area contributed by atoms with E-state index in [1.54, 1.807) is 13.8 Å². The van der Waals surface area contributed by atoms with Gasteiger partial charge in [-0.25, -0.2) is 9.97 Å². The van der Waals surface area contributed by atoms with E-state index in [2.05, 4.69) is 193 Å². The molecule has 6 nitrogen and oxygen atoms in total. The molecular formula is C66H46N4O2S2. The van der Waals surface area contributed by atoms with Gasteiger partial charge >= 0.3 is 0 Å². The van der Waals surface area contributed by atoms with E-state index in [0.29, 0.717) is 0 Å². The molecule has 0 unspecified atom stereocenters. The van der Waals surface area contributed by atoms with Gasteiger partial charge in [0.2, 0.25) is 0 Å². The molecule has 3 aromatic heterocycles.